The highest BCUT2D eigenvalue weighted by Crippen LogP contribution is 2.64. The molecule has 20 heavy (non-hydrogen) atoms. The molecule has 0 aromatic rings. The SMILES string of the molecule is C[C@]12CCC[C@@H]1[C@@H]1C[C@H]3C(=O)[C@@](C)(CC[C@H]3O)[C@@H]1CC2. The molecule has 0 aliphatic heterocycles. The van der Waals surface area contributed by atoms with E-state index in [0.29, 0.717) is 23.0 Å². The predicted molar refractivity (Wildman–Crippen MR) is 78.1 cm³/mol. The number of aliphatic hydroxyl groups is 1. The molecule has 0 spiro atoms. The largest absolute Gasteiger partial charge is 0.392 e. The molecule has 112 valence electrons. The average molecular weight is 276 g/mol. The van der Waals surface area contributed by atoms with E-state index >= 15 is 0 Å². The van der Waals surface area contributed by atoms with Crippen LogP contribution in [0.1, 0.15) is 65.2 Å². The van der Waals surface area contributed by atoms with Crippen LogP contribution in [-0.2, 0) is 4.79 Å². The highest BCUT2D eigenvalue weighted by atomic mass is 16.3. The fourth-order valence-corrected chi connectivity index (χ4v) is 6.70. The van der Waals surface area contributed by atoms with E-state index in [0.717, 1.165) is 25.2 Å². The average Bonchev–Trinajstić information content (AvgIpc) is 2.80. The van der Waals surface area contributed by atoms with Gasteiger partial charge < -0.3 is 5.11 Å². The second-order valence-electron chi connectivity index (χ2n) is 8.69. The van der Waals surface area contributed by atoms with E-state index in [-0.39, 0.29) is 17.4 Å². The van der Waals surface area contributed by atoms with Crippen molar-refractivity contribution in [3.63, 3.8) is 0 Å². The molecular weight excluding hydrogens is 248 g/mol. The summed E-state index contributed by atoms with van der Waals surface area (Å²) >= 11 is 0. The Morgan fingerprint density at radius 2 is 1.85 bits per heavy atom. The Bertz CT molecular complexity index is 445. The van der Waals surface area contributed by atoms with Crippen molar-refractivity contribution in [2.45, 2.75) is 71.3 Å². The predicted octanol–water partition coefficient (Wildman–Crippen LogP) is 3.57. The van der Waals surface area contributed by atoms with E-state index < -0.39 is 0 Å². The first-order valence-electron chi connectivity index (χ1n) is 8.68. The van der Waals surface area contributed by atoms with Gasteiger partial charge >= 0.3 is 0 Å². The third kappa shape index (κ3) is 1.52. The molecule has 1 N–H and O–H groups in total. The van der Waals surface area contributed by atoms with E-state index in [9.17, 15) is 9.90 Å². The van der Waals surface area contributed by atoms with Gasteiger partial charge in [-0.3, -0.25) is 4.79 Å². The van der Waals surface area contributed by atoms with Crippen molar-refractivity contribution in [3.05, 3.63) is 0 Å². The van der Waals surface area contributed by atoms with Crippen molar-refractivity contribution < 1.29 is 9.90 Å². The molecule has 0 radical (unpaired) electrons. The maximum Gasteiger partial charge on any atom is 0.144 e. The standard InChI is InChI=1S/C18H28O2/c1-17-7-3-4-13(17)11-10-12-15(19)6-9-18(2,16(12)20)14(11)5-8-17/h11-15,19H,3-10H2,1-2H3/t11-,12+,13+,14+,15+,17+,18-/m0/s1. The third-order valence-corrected chi connectivity index (χ3v) is 7.89. The molecule has 7 atom stereocenters. The van der Waals surface area contributed by atoms with Crippen LogP contribution in [0.3, 0.4) is 0 Å². The monoisotopic (exact) mass is 276 g/mol. The second kappa shape index (κ2) is 4.09. The topological polar surface area (TPSA) is 37.3 Å². The second-order valence-corrected chi connectivity index (χ2v) is 8.69. The molecule has 4 aliphatic rings. The van der Waals surface area contributed by atoms with Crippen molar-refractivity contribution >= 4 is 5.78 Å². The van der Waals surface area contributed by atoms with Crippen molar-refractivity contribution in [2.75, 3.05) is 0 Å². The number of carbonyl (C=O) groups excluding carboxylic acids is 1. The van der Waals surface area contributed by atoms with Gasteiger partial charge in [-0.15, -0.1) is 0 Å². The summed E-state index contributed by atoms with van der Waals surface area (Å²) in [5.41, 5.74) is 0.425. The Morgan fingerprint density at radius 3 is 2.65 bits per heavy atom. The molecule has 2 nitrogen and oxygen atoms in total. The number of ketones is 1. The number of hydrogen-bond donors (Lipinski definition) is 1. The molecule has 0 amide bonds. The van der Waals surface area contributed by atoms with Gasteiger partial charge in [-0.05, 0) is 68.1 Å². The lowest BCUT2D eigenvalue weighted by Crippen LogP contribution is -2.59. The van der Waals surface area contributed by atoms with Crippen molar-refractivity contribution in [1.29, 1.82) is 0 Å². The number of aliphatic hydroxyl groups excluding tert-OH is 1. The molecule has 0 heterocycles. The number of fused-ring (bicyclic) bond motifs is 6. The van der Waals surface area contributed by atoms with Gasteiger partial charge in [0, 0.05) is 11.3 Å². The van der Waals surface area contributed by atoms with E-state index in [1.165, 1.54) is 32.1 Å². The summed E-state index contributed by atoms with van der Waals surface area (Å²) < 4.78 is 0. The molecule has 0 aromatic heterocycles. The van der Waals surface area contributed by atoms with E-state index in [4.69, 9.17) is 0 Å². The van der Waals surface area contributed by atoms with Gasteiger partial charge in [0.15, 0.2) is 0 Å². The van der Waals surface area contributed by atoms with Crippen LogP contribution < -0.4 is 0 Å². The minimum Gasteiger partial charge on any atom is -0.392 e. The van der Waals surface area contributed by atoms with Gasteiger partial charge in [0.25, 0.3) is 0 Å². The van der Waals surface area contributed by atoms with Gasteiger partial charge in [0.1, 0.15) is 5.78 Å². The molecule has 4 fully saturated rings. The van der Waals surface area contributed by atoms with E-state index in [1.807, 2.05) is 0 Å². The zero-order chi connectivity index (χ0) is 14.1. The summed E-state index contributed by atoms with van der Waals surface area (Å²) in [6.07, 6.45) is 9.11. The van der Waals surface area contributed by atoms with Crippen LogP contribution in [0.2, 0.25) is 0 Å². The maximum absolute atomic E-state index is 12.8. The third-order valence-electron chi connectivity index (χ3n) is 7.89. The normalized spacial score (nSPS) is 58.1. The minimum atomic E-state index is -0.355. The van der Waals surface area contributed by atoms with Gasteiger partial charge in [0.05, 0.1) is 6.10 Å². The van der Waals surface area contributed by atoms with Gasteiger partial charge in [-0.2, -0.15) is 0 Å². The van der Waals surface area contributed by atoms with Crippen LogP contribution in [0.5, 0.6) is 0 Å². The quantitative estimate of drug-likeness (QED) is 0.734. The van der Waals surface area contributed by atoms with Crippen LogP contribution in [0, 0.1) is 34.5 Å². The Kier molecular flexibility index (Phi) is 2.72. The summed E-state index contributed by atoms with van der Waals surface area (Å²) in [6, 6.07) is 0. The van der Waals surface area contributed by atoms with Crippen LogP contribution in [0.4, 0.5) is 0 Å². The summed E-state index contributed by atoms with van der Waals surface area (Å²) in [6.45, 7) is 4.72. The van der Waals surface area contributed by atoms with Crippen LogP contribution in [-0.4, -0.2) is 17.0 Å². The Labute approximate surface area is 122 Å². The first-order valence-corrected chi connectivity index (χ1v) is 8.68. The van der Waals surface area contributed by atoms with Crippen molar-refractivity contribution in [2.24, 2.45) is 34.5 Å². The van der Waals surface area contributed by atoms with Crippen LogP contribution >= 0.6 is 0 Å². The molecule has 0 unspecified atom stereocenters. The van der Waals surface area contributed by atoms with E-state index in [2.05, 4.69) is 13.8 Å². The van der Waals surface area contributed by atoms with E-state index in [1.54, 1.807) is 0 Å². The van der Waals surface area contributed by atoms with Crippen LogP contribution in [0.25, 0.3) is 0 Å². The molecule has 2 bridgehead atoms. The van der Waals surface area contributed by atoms with Crippen LogP contribution in [0.15, 0.2) is 0 Å². The Balaban J connectivity index is 1.72. The number of rotatable bonds is 0. The van der Waals surface area contributed by atoms with Gasteiger partial charge in [-0.1, -0.05) is 20.3 Å². The number of carbonyl (C=O) groups is 1. The van der Waals surface area contributed by atoms with Crippen molar-refractivity contribution in [1.82, 2.24) is 0 Å². The molecular formula is C18H28O2. The molecule has 4 rings (SSSR count). The zero-order valence-corrected chi connectivity index (χ0v) is 12.9. The summed E-state index contributed by atoms with van der Waals surface area (Å²) in [5, 5.41) is 10.3. The summed E-state index contributed by atoms with van der Waals surface area (Å²) in [5.74, 6) is 2.49. The smallest absolute Gasteiger partial charge is 0.144 e. The highest BCUT2D eigenvalue weighted by molar-refractivity contribution is 5.89. The lowest BCUT2D eigenvalue weighted by molar-refractivity contribution is -0.167. The summed E-state index contributed by atoms with van der Waals surface area (Å²) in [4.78, 5) is 12.8. The molecule has 0 saturated heterocycles. The van der Waals surface area contributed by atoms with Gasteiger partial charge in [0.2, 0.25) is 0 Å². The first-order chi connectivity index (χ1) is 9.46. The Morgan fingerprint density at radius 1 is 1.05 bits per heavy atom. The molecule has 0 aromatic carbocycles. The maximum atomic E-state index is 12.8. The fraction of sp³-hybridized carbons (Fsp3) is 0.944. The molecule has 4 aliphatic carbocycles. The molecule has 2 heteroatoms. The lowest BCUT2D eigenvalue weighted by Gasteiger charge is -2.59. The fourth-order valence-electron chi connectivity index (χ4n) is 6.70. The number of Topliss-reactive ketones (excluding diaryl/α,β-unsaturated/α-hetero) is 1. The number of hydrogen-bond acceptors (Lipinski definition) is 2. The zero-order valence-electron chi connectivity index (χ0n) is 12.9. The molecule has 4 saturated carbocycles. The van der Waals surface area contributed by atoms with Crippen molar-refractivity contribution in [3.8, 4) is 0 Å². The minimum absolute atomic E-state index is 0.0436. The lowest BCUT2D eigenvalue weighted by atomic mass is 9.45. The first kappa shape index (κ1) is 13.3. The Hall–Kier alpha value is -0.370. The highest BCUT2D eigenvalue weighted by Gasteiger charge is 2.61. The summed E-state index contributed by atoms with van der Waals surface area (Å²) in [7, 11) is 0. The van der Waals surface area contributed by atoms with Gasteiger partial charge in [-0.25, -0.2) is 0 Å².